The average molecular weight is 279 g/mol. The third kappa shape index (κ3) is 2.56. The molecule has 1 heterocycles. The monoisotopic (exact) mass is 279 g/mol. The molecule has 19 heavy (non-hydrogen) atoms. The number of carboxylic acids is 1. The molecule has 0 N–H and O–H groups in total. The summed E-state index contributed by atoms with van der Waals surface area (Å²) in [5.41, 5.74) is 0.315. The molecule has 0 amide bonds. The molecule has 0 unspecified atom stereocenters. The van der Waals surface area contributed by atoms with Crippen molar-refractivity contribution in [2.75, 3.05) is 13.6 Å². The van der Waals surface area contributed by atoms with Crippen molar-refractivity contribution >= 4 is 26.9 Å². The average Bonchev–Trinajstić information content (AvgIpc) is 2.37. The number of rotatable bonds is 4. The zero-order chi connectivity index (χ0) is 14.0. The standard InChI is InChI=1S/C12H12N2O4S/c1-14(8-11(15)16)19(17,18)10-6-2-4-9-5-3-7-13-12(9)10/h2-7H,8H2,1H3,(H,15,16)/p-1. The normalized spacial score (nSPS) is 11.9. The highest BCUT2D eigenvalue weighted by molar-refractivity contribution is 7.89. The maximum atomic E-state index is 12.3. The molecule has 0 bridgehead atoms. The lowest BCUT2D eigenvalue weighted by molar-refractivity contribution is -0.305. The van der Waals surface area contributed by atoms with E-state index in [2.05, 4.69) is 4.98 Å². The molecule has 0 aliphatic heterocycles. The van der Waals surface area contributed by atoms with Crippen LogP contribution in [0.3, 0.4) is 0 Å². The highest BCUT2D eigenvalue weighted by Gasteiger charge is 2.23. The predicted molar refractivity (Wildman–Crippen MR) is 66.6 cm³/mol. The number of carbonyl (C=O) groups is 1. The molecule has 100 valence electrons. The Bertz CT molecular complexity index is 722. The first-order valence-electron chi connectivity index (χ1n) is 5.43. The van der Waals surface area contributed by atoms with E-state index in [1.807, 2.05) is 0 Å². The number of hydrogen-bond donors (Lipinski definition) is 0. The molecule has 0 atom stereocenters. The van der Waals surface area contributed by atoms with E-state index in [0.717, 1.165) is 4.31 Å². The minimum atomic E-state index is -3.91. The minimum Gasteiger partial charge on any atom is -0.549 e. The molecule has 1 aromatic heterocycles. The Morgan fingerprint density at radius 3 is 2.68 bits per heavy atom. The Morgan fingerprint density at radius 2 is 2.00 bits per heavy atom. The molecule has 0 aliphatic rings. The number of hydrogen-bond acceptors (Lipinski definition) is 5. The molecule has 0 saturated heterocycles. The van der Waals surface area contributed by atoms with Gasteiger partial charge in [-0.25, -0.2) is 8.42 Å². The van der Waals surface area contributed by atoms with Crippen molar-refractivity contribution in [1.82, 2.24) is 9.29 Å². The lowest BCUT2D eigenvalue weighted by atomic mass is 10.2. The van der Waals surface area contributed by atoms with Crippen LogP contribution in [-0.2, 0) is 14.8 Å². The summed E-state index contributed by atoms with van der Waals surface area (Å²) in [6.45, 7) is -0.703. The number of pyridine rings is 1. The van der Waals surface area contributed by atoms with Crippen molar-refractivity contribution in [2.24, 2.45) is 0 Å². The topological polar surface area (TPSA) is 90.4 Å². The highest BCUT2D eigenvalue weighted by atomic mass is 32.2. The number of sulfonamides is 1. The maximum Gasteiger partial charge on any atom is 0.245 e. The minimum absolute atomic E-state index is 0.0191. The summed E-state index contributed by atoms with van der Waals surface area (Å²) in [6, 6.07) is 8.16. The first-order valence-corrected chi connectivity index (χ1v) is 6.87. The van der Waals surface area contributed by atoms with Gasteiger partial charge in [-0.3, -0.25) is 4.98 Å². The van der Waals surface area contributed by atoms with Crippen LogP contribution in [0.25, 0.3) is 10.9 Å². The van der Waals surface area contributed by atoms with Gasteiger partial charge >= 0.3 is 0 Å². The highest BCUT2D eigenvalue weighted by Crippen LogP contribution is 2.22. The van der Waals surface area contributed by atoms with Crippen LogP contribution >= 0.6 is 0 Å². The summed E-state index contributed by atoms with van der Waals surface area (Å²) >= 11 is 0. The Balaban J connectivity index is 2.58. The third-order valence-electron chi connectivity index (χ3n) is 2.64. The van der Waals surface area contributed by atoms with Gasteiger partial charge in [-0.05, 0) is 12.1 Å². The van der Waals surface area contributed by atoms with Crippen molar-refractivity contribution < 1.29 is 18.3 Å². The van der Waals surface area contributed by atoms with Crippen LogP contribution < -0.4 is 5.11 Å². The van der Waals surface area contributed by atoms with Gasteiger partial charge in [0.05, 0.1) is 18.0 Å². The Kier molecular flexibility index (Phi) is 3.50. The summed E-state index contributed by atoms with van der Waals surface area (Å²) in [4.78, 5) is 14.5. The number of likely N-dealkylation sites (N-methyl/N-ethyl adjacent to an activating group) is 1. The van der Waals surface area contributed by atoms with Crippen LogP contribution in [0.15, 0.2) is 41.4 Å². The number of para-hydroxylation sites is 1. The van der Waals surface area contributed by atoms with Crippen molar-refractivity contribution in [3.05, 3.63) is 36.5 Å². The second-order valence-electron chi connectivity index (χ2n) is 3.96. The van der Waals surface area contributed by atoms with E-state index in [9.17, 15) is 18.3 Å². The van der Waals surface area contributed by atoms with Crippen LogP contribution in [0.1, 0.15) is 0 Å². The molecule has 0 saturated carbocycles. The number of fused-ring (bicyclic) bond motifs is 1. The van der Waals surface area contributed by atoms with E-state index in [-0.39, 0.29) is 4.90 Å². The van der Waals surface area contributed by atoms with Crippen LogP contribution in [0.5, 0.6) is 0 Å². The van der Waals surface area contributed by atoms with Gasteiger partial charge in [0.25, 0.3) is 0 Å². The van der Waals surface area contributed by atoms with Gasteiger partial charge < -0.3 is 9.90 Å². The summed E-state index contributed by atoms with van der Waals surface area (Å²) < 4.78 is 25.3. The van der Waals surface area contributed by atoms with Gasteiger partial charge in [0.1, 0.15) is 4.90 Å². The quantitative estimate of drug-likeness (QED) is 0.760. The molecule has 6 nitrogen and oxygen atoms in total. The van der Waals surface area contributed by atoms with Gasteiger partial charge in [0, 0.05) is 18.6 Å². The largest absolute Gasteiger partial charge is 0.549 e. The second-order valence-corrected chi connectivity index (χ2v) is 5.98. The van der Waals surface area contributed by atoms with Gasteiger partial charge in [-0.2, -0.15) is 4.31 Å². The van der Waals surface area contributed by atoms with Crippen molar-refractivity contribution in [3.8, 4) is 0 Å². The molecule has 0 fully saturated rings. The molecule has 2 rings (SSSR count). The molecule has 0 spiro atoms. The van der Waals surface area contributed by atoms with Crippen molar-refractivity contribution in [3.63, 3.8) is 0 Å². The van der Waals surface area contributed by atoms with Gasteiger partial charge in [-0.1, -0.05) is 18.2 Å². The number of nitrogens with zero attached hydrogens (tertiary/aromatic N) is 2. The molecule has 7 heteroatoms. The van der Waals surface area contributed by atoms with E-state index in [1.54, 1.807) is 24.3 Å². The first-order chi connectivity index (χ1) is 8.93. The van der Waals surface area contributed by atoms with Crippen LogP contribution in [0, 0.1) is 0 Å². The van der Waals surface area contributed by atoms with Gasteiger partial charge in [0.2, 0.25) is 10.0 Å². The summed E-state index contributed by atoms with van der Waals surface area (Å²) in [7, 11) is -2.72. The predicted octanol–water partition coefficient (Wildman–Crippen LogP) is -0.395. The van der Waals surface area contributed by atoms with E-state index in [1.165, 1.54) is 19.3 Å². The van der Waals surface area contributed by atoms with Crippen LogP contribution in [0.2, 0.25) is 0 Å². The Hall–Kier alpha value is -1.99. The lowest BCUT2D eigenvalue weighted by Crippen LogP contribution is -2.39. The number of benzene rings is 1. The van der Waals surface area contributed by atoms with Crippen molar-refractivity contribution in [2.45, 2.75) is 4.90 Å². The van der Waals surface area contributed by atoms with Crippen LogP contribution in [-0.4, -0.2) is 37.3 Å². The Morgan fingerprint density at radius 1 is 1.32 bits per heavy atom. The summed E-state index contributed by atoms with van der Waals surface area (Å²) in [5.74, 6) is -1.46. The molecule has 0 aliphatic carbocycles. The summed E-state index contributed by atoms with van der Waals surface area (Å²) in [6.07, 6.45) is 1.49. The number of carboxylic acid groups (broad SMARTS) is 1. The fraction of sp³-hybridized carbons (Fsp3) is 0.167. The fourth-order valence-corrected chi connectivity index (χ4v) is 3.00. The maximum absolute atomic E-state index is 12.3. The molecule has 1 aromatic carbocycles. The molecular weight excluding hydrogens is 268 g/mol. The summed E-state index contributed by atoms with van der Waals surface area (Å²) in [5, 5.41) is 11.2. The van der Waals surface area contributed by atoms with Gasteiger partial charge in [-0.15, -0.1) is 0 Å². The number of carbonyl (C=O) groups excluding carboxylic acids is 1. The lowest BCUT2D eigenvalue weighted by Gasteiger charge is -2.18. The van der Waals surface area contributed by atoms with Gasteiger partial charge in [0.15, 0.2) is 0 Å². The van der Waals surface area contributed by atoms with Crippen molar-refractivity contribution in [1.29, 1.82) is 0 Å². The van der Waals surface area contributed by atoms with E-state index < -0.39 is 22.5 Å². The molecular formula is C12H11N2O4S-. The van der Waals surface area contributed by atoms with E-state index >= 15 is 0 Å². The number of aliphatic carboxylic acids is 1. The third-order valence-corrected chi connectivity index (χ3v) is 4.47. The first kappa shape index (κ1) is 13.4. The molecule has 2 aromatic rings. The zero-order valence-electron chi connectivity index (χ0n) is 10.1. The number of aromatic nitrogens is 1. The Labute approximate surface area is 110 Å². The zero-order valence-corrected chi connectivity index (χ0v) is 10.9. The molecule has 0 radical (unpaired) electrons. The van der Waals surface area contributed by atoms with E-state index in [0.29, 0.717) is 10.9 Å². The SMILES string of the molecule is CN(CC(=O)[O-])S(=O)(=O)c1cccc2cccnc12. The van der Waals surface area contributed by atoms with E-state index in [4.69, 9.17) is 0 Å². The van der Waals surface area contributed by atoms with Crippen LogP contribution in [0.4, 0.5) is 0 Å². The fourth-order valence-electron chi connectivity index (χ4n) is 1.72. The smallest absolute Gasteiger partial charge is 0.245 e. The second kappa shape index (κ2) is 4.94.